The Bertz CT molecular complexity index is 422. The van der Waals surface area contributed by atoms with E-state index >= 15 is 0 Å². The second-order valence-corrected chi connectivity index (χ2v) is 7.84. The van der Waals surface area contributed by atoms with E-state index in [0.29, 0.717) is 0 Å². The number of carbonyl (C=O) groups is 1. The third-order valence-corrected chi connectivity index (χ3v) is 4.17. The van der Waals surface area contributed by atoms with E-state index in [2.05, 4.69) is 0 Å². The van der Waals surface area contributed by atoms with E-state index < -0.39 is 28.1 Å². The van der Waals surface area contributed by atoms with Gasteiger partial charge in [-0.15, -0.1) is 0 Å². The van der Waals surface area contributed by atoms with Crippen molar-refractivity contribution in [2.75, 3.05) is 26.5 Å². The SMILES string of the molecule is CC(C)O[C@H](COC(=O)[C@@H](N)C(C)C)CN(C)S(C)(=O)=O. The van der Waals surface area contributed by atoms with Crippen LogP contribution in [0.15, 0.2) is 0 Å². The van der Waals surface area contributed by atoms with Gasteiger partial charge in [-0.1, -0.05) is 13.8 Å². The molecule has 0 spiro atoms. The largest absolute Gasteiger partial charge is 0.462 e. The number of hydrogen-bond donors (Lipinski definition) is 1. The molecule has 0 amide bonds. The maximum absolute atomic E-state index is 11.7. The fraction of sp³-hybridized carbons (Fsp3) is 0.923. The van der Waals surface area contributed by atoms with Crippen molar-refractivity contribution in [3.05, 3.63) is 0 Å². The Kier molecular flexibility index (Phi) is 8.38. The second kappa shape index (κ2) is 8.67. The standard InChI is InChI=1S/C13H28N2O5S/c1-9(2)12(14)13(16)19-8-11(20-10(3)4)7-15(5)21(6,17)18/h9-12H,7-8,14H2,1-6H3/t11-,12-/m0/s1. The van der Waals surface area contributed by atoms with Crippen LogP contribution in [-0.4, -0.2) is 63.4 Å². The smallest absolute Gasteiger partial charge is 0.323 e. The summed E-state index contributed by atoms with van der Waals surface area (Å²) in [4.78, 5) is 11.7. The molecule has 2 atom stereocenters. The van der Waals surface area contributed by atoms with Crippen LogP contribution in [0, 0.1) is 5.92 Å². The molecule has 21 heavy (non-hydrogen) atoms. The van der Waals surface area contributed by atoms with Gasteiger partial charge >= 0.3 is 5.97 Å². The zero-order valence-electron chi connectivity index (χ0n) is 13.7. The summed E-state index contributed by atoms with van der Waals surface area (Å²) in [6.07, 6.45) is 0.466. The lowest BCUT2D eigenvalue weighted by molar-refractivity contribution is -0.152. The molecule has 0 unspecified atom stereocenters. The van der Waals surface area contributed by atoms with Crippen molar-refractivity contribution < 1.29 is 22.7 Å². The van der Waals surface area contributed by atoms with Crippen LogP contribution in [0.4, 0.5) is 0 Å². The van der Waals surface area contributed by atoms with Crippen molar-refractivity contribution in [1.29, 1.82) is 0 Å². The lowest BCUT2D eigenvalue weighted by Crippen LogP contribution is -2.42. The quantitative estimate of drug-likeness (QED) is 0.608. The van der Waals surface area contributed by atoms with Gasteiger partial charge in [-0.2, -0.15) is 0 Å². The summed E-state index contributed by atoms with van der Waals surface area (Å²) < 4.78 is 34.7. The van der Waals surface area contributed by atoms with Gasteiger partial charge in [-0.25, -0.2) is 12.7 Å². The van der Waals surface area contributed by atoms with Gasteiger partial charge in [0, 0.05) is 13.6 Å². The minimum atomic E-state index is -3.31. The summed E-state index contributed by atoms with van der Waals surface area (Å²) in [6.45, 7) is 7.39. The van der Waals surface area contributed by atoms with E-state index in [-0.39, 0.29) is 25.2 Å². The highest BCUT2D eigenvalue weighted by Crippen LogP contribution is 2.06. The molecular weight excluding hydrogens is 296 g/mol. The average molecular weight is 324 g/mol. The molecule has 0 radical (unpaired) electrons. The van der Waals surface area contributed by atoms with Gasteiger partial charge in [0.05, 0.1) is 12.4 Å². The zero-order valence-corrected chi connectivity index (χ0v) is 14.5. The van der Waals surface area contributed by atoms with Crippen LogP contribution < -0.4 is 5.73 Å². The van der Waals surface area contributed by atoms with E-state index in [1.165, 1.54) is 7.05 Å². The Labute approximate surface area is 127 Å². The van der Waals surface area contributed by atoms with Crippen molar-refractivity contribution in [3.8, 4) is 0 Å². The maximum Gasteiger partial charge on any atom is 0.323 e. The van der Waals surface area contributed by atoms with Crippen LogP contribution in [0.2, 0.25) is 0 Å². The average Bonchev–Trinajstić information content (AvgIpc) is 2.32. The van der Waals surface area contributed by atoms with Gasteiger partial charge in [0.25, 0.3) is 0 Å². The first-order valence-corrected chi connectivity index (χ1v) is 8.79. The molecule has 0 bridgehead atoms. The van der Waals surface area contributed by atoms with Crippen LogP contribution in [0.5, 0.6) is 0 Å². The number of carbonyl (C=O) groups excluding carboxylic acids is 1. The molecule has 0 saturated heterocycles. The highest BCUT2D eigenvalue weighted by atomic mass is 32.2. The molecule has 0 saturated carbocycles. The van der Waals surface area contributed by atoms with Crippen LogP contribution in [0.3, 0.4) is 0 Å². The third kappa shape index (κ3) is 8.35. The van der Waals surface area contributed by atoms with E-state index in [0.717, 1.165) is 10.6 Å². The second-order valence-electron chi connectivity index (χ2n) is 5.75. The third-order valence-electron chi connectivity index (χ3n) is 2.89. The van der Waals surface area contributed by atoms with Crippen molar-refractivity contribution >= 4 is 16.0 Å². The number of nitrogens with zero attached hydrogens (tertiary/aromatic N) is 1. The fourth-order valence-corrected chi connectivity index (χ4v) is 1.92. The van der Waals surface area contributed by atoms with E-state index in [9.17, 15) is 13.2 Å². The van der Waals surface area contributed by atoms with Crippen LogP contribution >= 0.6 is 0 Å². The summed E-state index contributed by atoms with van der Waals surface area (Å²) in [5.74, 6) is -0.537. The number of likely N-dealkylation sites (N-methyl/N-ethyl adjacent to an activating group) is 1. The molecule has 0 aromatic carbocycles. The van der Waals surface area contributed by atoms with Crippen LogP contribution in [0.1, 0.15) is 27.7 Å². The molecule has 0 aromatic rings. The summed E-state index contributed by atoms with van der Waals surface area (Å²) in [5.41, 5.74) is 5.70. The van der Waals surface area contributed by atoms with Crippen molar-refractivity contribution in [2.45, 2.75) is 45.9 Å². The molecule has 0 heterocycles. The maximum atomic E-state index is 11.7. The number of sulfonamides is 1. The van der Waals surface area contributed by atoms with Gasteiger partial charge in [0.15, 0.2) is 0 Å². The Hall–Kier alpha value is -0.700. The van der Waals surface area contributed by atoms with Gasteiger partial charge in [0.1, 0.15) is 18.8 Å². The minimum Gasteiger partial charge on any atom is -0.462 e. The first-order valence-electron chi connectivity index (χ1n) is 6.94. The number of hydrogen-bond acceptors (Lipinski definition) is 6. The molecule has 126 valence electrons. The molecule has 8 heteroatoms. The zero-order chi connectivity index (χ0) is 16.8. The molecule has 7 nitrogen and oxygen atoms in total. The normalized spacial score (nSPS) is 15.5. The fourth-order valence-electron chi connectivity index (χ4n) is 1.49. The van der Waals surface area contributed by atoms with E-state index in [1.54, 1.807) is 0 Å². The molecule has 0 aliphatic carbocycles. The predicted molar refractivity (Wildman–Crippen MR) is 81.3 cm³/mol. The lowest BCUT2D eigenvalue weighted by atomic mass is 10.1. The van der Waals surface area contributed by atoms with E-state index in [4.69, 9.17) is 15.2 Å². The van der Waals surface area contributed by atoms with Crippen molar-refractivity contribution in [3.63, 3.8) is 0 Å². The summed E-state index contributed by atoms with van der Waals surface area (Å²) in [7, 11) is -1.86. The Morgan fingerprint density at radius 2 is 1.76 bits per heavy atom. The van der Waals surface area contributed by atoms with Crippen LogP contribution in [0.25, 0.3) is 0 Å². The summed E-state index contributed by atoms with van der Waals surface area (Å²) >= 11 is 0. The Morgan fingerprint density at radius 1 is 1.24 bits per heavy atom. The Balaban J connectivity index is 4.61. The monoisotopic (exact) mass is 324 g/mol. The Morgan fingerprint density at radius 3 is 2.14 bits per heavy atom. The predicted octanol–water partition coefficient (Wildman–Crippen LogP) is 0.198. The number of rotatable bonds is 9. The lowest BCUT2D eigenvalue weighted by Gasteiger charge is -2.25. The molecule has 0 rings (SSSR count). The minimum absolute atomic E-state index is 0.0272. The molecule has 0 aromatic heterocycles. The first kappa shape index (κ1) is 20.3. The van der Waals surface area contributed by atoms with Gasteiger partial charge in [-0.05, 0) is 19.8 Å². The number of esters is 1. The van der Waals surface area contributed by atoms with Crippen LogP contribution in [-0.2, 0) is 24.3 Å². The molecule has 0 fully saturated rings. The molecule has 0 aliphatic heterocycles. The summed E-state index contributed by atoms with van der Waals surface area (Å²) in [5, 5.41) is 0. The molecule has 0 aliphatic rings. The van der Waals surface area contributed by atoms with E-state index in [1.807, 2.05) is 27.7 Å². The van der Waals surface area contributed by atoms with Gasteiger partial charge in [-0.3, -0.25) is 4.79 Å². The molecule has 2 N–H and O–H groups in total. The highest BCUT2D eigenvalue weighted by Gasteiger charge is 2.24. The number of nitrogens with two attached hydrogens (primary N) is 1. The van der Waals surface area contributed by atoms with Gasteiger partial charge < -0.3 is 15.2 Å². The number of ether oxygens (including phenoxy) is 2. The highest BCUT2D eigenvalue weighted by molar-refractivity contribution is 7.88. The first-order chi connectivity index (χ1) is 9.45. The topological polar surface area (TPSA) is 98.9 Å². The van der Waals surface area contributed by atoms with Crippen molar-refractivity contribution in [1.82, 2.24) is 4.31 Å². The van der Waals surface area contributed by atoms with Crippen molar-refractivity contribution in [2.24, 2.45) is 11.7 Å². The van der Waals surface area contributed by atoms with Gasteiger partial charge in [0.2, 0.25) is 10.0 Å². The molecular formula is C13H28N2O5S. The summed E-state index contributed by atoms with van der Waals surface area (Å²) in [6, 6.07) is -0.697.